The minimum Gasteiger partial charge on any atom is -0.507 e. The first-order chi connectivity index (χ1) is 15.4. The van der Waals surface area contributed by atoms with Crippen molar-refractivity contribution in [1.29, 1.82) is 0 Å². The SMILES string of the molecule is CC1(C)C=Cc2cc(-c3cnc4cc(OCc5ccccc5)ccc4c3Cl)c(O)cc2O1. The third-order valence-corrected chi connectivity index (χ3v) is 5.89. The minimum absolute atomic E-state index is 0.0979. The zero-order valence-electron chi connectivity index (χ0n) is 17.8. The number of hydrogen-bond acceptors (Lipinski definition) is 4. The molecule has 0 spiro atoms. The highest BCUT2D eigenvalue weighted by molar-refractivity contribution is 6.38. The van der Waals surface area contributed by atoms with Crippen LogP contribution in [-0.4, -0.2) is 15.7 Å². The van der Waals surface area contributed by atoms with Gasteiger partial charge in [-0.15, -0.1) is 0 Å². The first-order valence-corrected chi connectivity index (χ1v) is 10.8. The molecule has 1 aliphatic rings. The number of halogens is 1. The smallest absolute Gasteiger partial charge is 0.131 e. The van der Waals surface area contributed by atoms with Crippen LogP contribution in [-0.2, 0) is 6.61 Å². The average molecular weight is 444 g/mol. The fraction of sp³-hybridized carbons (Fsp3) is 0.148. The van der Waals surface area contributed by atoms with E-state index >= 15 is 0 Å². The van der Waals surface area contributed by atoms with Gasteiger partial charge in [-0.1, -0.05) is 48.0 Å². The van der Waals surface area contributed by atoms with Gasteiger partial charge in [0.1, 0.15) is 29.5 Å². The molecule has 5 rings (SSSR count). The quantitative estimate of drug-likeness (QED) is 0.368. The number of pyridine rings is 1. The standard InChI is InChI=1S/C27H22ClNO3/c1-27(2)11-10-18-12-21(24(30)14-25(18)32-27)22-15-29-23-13-19(8-9-20(23)26(22)28)31-16-17-6-4-3-5-7-17/h3-15,30H,16H2,1-2H3. The summed E-state index contributed by atoms with van der Waals surface area (Å²) in [5.41, 5.74) is 3.57. The molecule has 160 valence electrons. The normalized spacial score (nSPS) is 14.1. The summed E-state index contributed by atoms with van der Waals surface area (Å²) in [6.45, 7) is 4.42. The highest BCUT2D eigenvalue weighted by atomic mass is 35.5. The van der Waals surface area contributed by atoms with Gasteiger partial charge in [-0.25, -0.2) is 0 Å². The van der Waals surface area contributed by atoms with Crippen molar-refractivity contribution in [1.82, 2.24) is 4.98 Å². The molecule has 3 aromatic carbocycles. The van der Waals surface area contributed by atoms with Gasteiger partial charge in [0, 0.05) is 40.4 Å². The van der Waals surface area contributed by atoms with Crippen LogP contribution in [0.3, 0.4) is 0 Å². The van der Waals surface area contributed by atoms with Crippen molar-refractivity contribution in [3.05, 3.63) is 89.1 Å². The Hall–Kier alpha value is -3.50. The number of ether oxygens (including phenoxy) is 2. The van der Waals surface area contributed by atoms with Crippen LogP contribution in [0.25, 0.3) is 28.1 Å². The van der Waals surface area contributed by atoms with Gasteiger partial charge < -0.3 is 14.6 Å². The van der Waals surface area contributed by atoms with Gasteiger partial charge in [0.25, 0.3) is 0 Å². The van der Waals surface area contributed by atoms with E-state index in [4.69, 9.17) is 21.1 Å². The zero-order valence-corrected chi connectivity index (χ0v) is 18.6. The van der Waals surface area contributed by atoms with Gasteiger partial charge in [-0.05, 0) is 43.7 Å². The molecule has 0 radical (unpaired) electrons. The number of benzene rings is 3. The number of nitrogens with zero attached hydrogens (tertiary/aromatic N) is 1. The van der Waals surface area contributed by atoms with Crippen LogP contribution in [0.2, 0.25) is 5.02 Å². The van der Waals surface area contributed by atoms with Gasteiger partial charge in [0.2, 0.25) is 0 Å². The van der Waals surface area contributed by atoms with Gasteiger partial charge in [0.15, 0.2) is 0 Å². The van der Waals surface area contributed by atoms with Crippen molar-refractivity contribution in [3.63, 3.8) is 0 Å². The van der Waals surface area contributed by atoms with Gasteiger partial charge in [-0.2, -0.15) is 0 Å². The summed E-state index contributed by atoms with van der Waals surface area (Å²) in [5.74, 6) is 1.46. The van der Waals surface area contributed by atoms with Crippen molar-refractivity contribution < 1.29 is 14.6 Å². The first-order valence-electron chi connectivity index (χ1n) is 10.4. The highest BCUT2D eigenvalue weighted by Gasteiger charge is 2.24. The molecule has 0 atom stereocenters. The van der Waals surface area contributed by atoms with E-state index in [2.05, 4.69) is 4.98 Å². The molecule has 1 aromatic heterocycles. The van der Waals surface area contributed by atoms with Crippen LogP contribution in [0.15, 0.2) is 72.9 Å². The molecule has 0 bridgehead atoms. The Morgan fingerprint density at radius 2 is 1.84 bits per heavy atom. The monoisotopic (exact) mass is 443 g/mol. The number of fused-ring (bicyclic) bond motifs is 2. The van der Waals surface area contributed by atoms with Crippen molar-refractivity contribution in [2.45, 2.75) is 26.1 Å². The molecule has 0 fully saturated rings. The molecule has 1 N–H and O–H groups in total. The van der Waals surface area contributed by atoms with E-state index in [-0.39, 0.29) is 5.75 Å². The second kappa shape index (κ2) is 7.88. The van der Waals surface area contributed by atoms with E-state index in [1.54, 1.807) is 12.3 Å². The predicted octanol–water partition coefficient (Wildman–Crippen LogP) is 7.02. The molecular weight excluding hydrogens is 422 g/mol. The largest absolute Gasteiger partial charge is 0.507 e. The van der Waals surface area contributed by atoms with Crippen LogP contribution >= 0.6 is 11.6 Å². The van der Waals surface area contributed by atoms with Crippen LogP contribution in [0.5, 0.6) is 17.2 Å². The van der Waals surface area contributed by atoms with E-state index in [1.807, 2.05) is 80.6 Å². The van der Waals surface area contributed by atoms with Crippen LogP contribution in [0.1, 0.15) is 25.0 Å². The Labute approximate surface area is 191 Å². The van der Waals surface area contributed by atoms with Crippen molar-refractivity contribution in [2.24, 2.45) is 0 Å². The Balaban J connectivity index is 1.48. The third kappa shape index (κ3) is 3.90. The van der Waals surface area contributed by atoms with Crippen molar-refractivity contribution in [2.75, 3.05) is 0 Å². The lowest BCUT2D eigenvalue weighted by Crippen LogP contribution is -2.27. The van der Waals surface area contributed by atoms with Crippen LogP contribution in [0, 0.1) is 0 Å². The summed E-state index contributed by atoms with van der Waals surface area (Å²) in [7, 11) is 0. The van der Waals surface area contributed by atoms with E-state index in [1.165, 1.54) is 0 Å². The van der Waals surface area contributed by atoms with Crippen LogP contribution in [0.4, 0.5) is 0 Å². The van der Waals surface area contributed by atoms with Crippen molar-refractivity contribution >= 4 is 28.6 Å². The molecule has 0 amide bonds. The lowest BCUT2D eigenvalue weighted by Gasteiger charge is -2.28. The fourth-order valence-corrected chi connectivity index (χ4v) is 4.10. The second-order valence-corrected chi connectivity index (χ2v) is 8.76. The predicted molar refractivity (Wildman–Crippen MR) is 128 cm³/mol. The highest BCUT2D eigenvalue weighted by Crippen LogP contribution is 2.43. The lowest BCUT2D eigenvalue weighted by atomic mass is 9.97. The molecule has 5 heteroatoms. The number of aromatic hydroxyl groups is 1. The van der Waals surface area contributed by atoms with Crippen molar-refractivity contribution in [3.8, 4) is 28.4 Å². The topological polar surface area (TPSA) is 51.6 Å². The summed E-state index contributed by atoms with van der Waals surface area (Å²) >= 11 is 6.76. The number of phenolic OH excluding ortho intramolecular Hbond substituents is 1. The molecule has 0 saturated carbocycles. The maximum Gasteiger partial charge on any atom is 0.131 e. The summed E-state index contributed by atoms with van der Waals surface area (Å²) in [6.07, 6.45) is 5.68. The lowest BCUT2D eigenvalue weighted by molar-refractivity contribution is 0.158. The molecule has 0 unspecified atom stereocenters. The average Bonchev–Trinajstić information content (AvgIpc) is 2.78. The van der Waals surface area contributed by atoms with Gasteiger partial charge >= 0.3 is 0 Å². The van der Waals surface area contributed by atoms with E-state index in [0.717, 1.165) is 27.8 Å². The third-order valence-electron chi connectivity index (χ3n) is 5.48. The molecule has 0 aliphatic carbocycles. The number of aromatic nitrogens is 1. The molecule has 1 aliphatic heterocycles. The maximum absolute atomic E-state index is 10.7. The zero-order chi connectivity index (χ0) is 22.3. The summed E-state index contributed by atoms with van der Waals surface area (Å²) in [4.78, 5) is 4.59. The molecule has 4 nitrogen and oxygen atoms in total. The fourth-order valence-electron chi connectivity index (χ4n) is 3.79. The summed E-state index contributed by atoms with van der Waals surface area (Å²) < 4.78 is 11.9. The second-order valence-electron chi connectivity index (χ2n) is 8.39. The minimum atomic E-state index is -0.413. The Kier molecular flexibility index (Phi) is 5.03. The van der Waals surface area contributed by atoms with E-state index in [0.29, 0.717) is 28.5 Å². The number of rotatable bonds is 4. The summed E-state index contributed by atoms with van der Waals surface area (Å²) in [6, 6.07) is 19.2. The molecular formula is C27H22ClNO3. The maximum atomic E-state index is 10.7. The Morgan fingerprint density at radius 1 is 1.03 bits per heavy atom. The first kappa shape index (κ1) is 20.4. The molecule has 4 aromatic rings. The molecule has 2 heterocycles. The molecule has 0 saturated heterocycles. The van der Waals surface area contributed by atoms with E-state index in [9.17, 15) is 5.11 Å². The number of phenols is 1. The Morgan fingerprint density at radius 3 is 2.66 bits per heavy atom. The van der Waals surface area contributed by atoms with Gasteiger partial charge in [-0.3, -0.25) is 4.98 Å². The summed E-state index contributed by atoms with van der Waals surface area (Å²) in [5, 5.41) is 12.0. The van der Waals surface area contributed by atoms with Crippen LogP contribution < -0.4 is 9.47 Å². The number of hydrogen-bond donors (Lipinski definition) is 1. The Bertz CT molecular complexity index is 1350. The van der Waals surface area contributed by atoms with Gasteiger partial charge in [0.05, 0.1) is 10.5 Å². The van der Waals surface area contributed by atoms with E-state index < -0.39 is 5.60 Å². The molecule has 32 heavy (non-hydrogen) atoms.